The molecule has 0 unspecified atom stereocenters. The zero-order valence-corrected chi connectivity index (χ0v) is 12.3. The molecule has 2 N–H and O–H groups in total. The monoisotopic (exact) mass is 299 g/mol. The van der Waals surface area contributed by atoms with Gasteiger partial charge in [0.05, 0.1) is 12.6 Å². The lowest BCUT2D eigenvalue weighted by Gasteiger charge is -2.26. The Bertz CT molecular complexity index is 280. The molecule has 0 saturated carbocycles. The number of halogens is 3. The molecule has 1 heterocycles. The van der Waals surface area contributed by atoms with E-state index in [0.29, 0.717) is 26.2 Å². The van der Waals surface area contributed by atoms with E-state index in [2.05, 4.69) is 0 Å². The molecule has 19 heavy (non-hydrogen) atoms. The Kier molecular flexibility index (Phi) is 8.45. The van der Waals surface area contributed by atoms with Crippen molar-refractivity contribution in [1.82, 2.24) is 9.80 Å². The number of hydrogen-bond donors (Lipinski definition) is 1. The third kappa shape index (κ3) is 6.01. The van der Waals surface area contributed by atoms with Crippen molar-refractivity contribution in [3.05, 3.63) is 0 Å². The van der Waals surface area contributed by atoms with Gasteiger partial charge in [0.15, 0.2) is 0 Å². The number of carbonyl (C=O) groups excluding carboxylic acids is 1. The normalized spacial score (nSPS) is 19.2. The first-order valence-electron chi connectivity index (χ1n) is 6.46. The zero-order chi connectivity index (χ0) is 13.7. The van der Waals surface area contributed by atoms with E-state index >= 15 is 0 Å². The van der Waals surface area contributed by atoms with Crippen LogP contribution < -0.4 is 5.73 Å². The minimum Gasteiger partial charge on any atom is -0.340 e. The molecule has 114 valence electrons. The van der Waals surface area contributed by atoms with Crippen molar-refractivity contribution in [2.24, 2.45) is 11.7 Å². The largest absolute Gasteiger partial charge is 0.340 e. The van der Waals surface area contributed by atoms with Gasteiger partial charge in [-0.25, -0.2) is 8.78 Å². The summed E-state index contributed by atoms with van der Waals surface area (Å²) in [6.07, 6.45) is -1.59. The van der Waals surface area contributed by atoms with Crippen molar-refractivity contribution in [2.75, 3.05) is 32.7 Å². The van der Waals surface area contributed by atoms with E-state index in [4.69, 9.17) is 5.73 Å². The number of nitrogens with two attached hydrogens (primary N) is 1. The smallest absolute Gasteiger partial charge is 0.251 e. The Labute approximate surface area is 119 Å². The summed E-state index contributed by atoms with van der Waals surface area (Å²) in [5.74, 6) is 0.0295. The van der Waals surface area contributed by atoms with Crippen LogP contribution in [0.3, 0.4) is 0 Å². The lowest BCUT2D eigenvalue weighted by molar-refractivity contribution is -0.133. The van der Waals surface area contributed by atoms with E-state index in [1.165, 1.54) is 0 Å². The van der Waals surface area contributed by atoms with E-state index in [1.807, 2.05) is 13.8 Å². The number of nitrogens with zero attached hydrogens (tertiary/aromatic N) is 2. The second-order valence-corrected chi connectivity index (χ2v) is 5.14. The van der Waals surface area contributed by atoms with Gasteiger partial charge < -0.3 is 10.6 Å². The molecule has 1 amide bonds. The van der Waals surface area contributed by atoms with Crippen molar-refractivity contribution in [3.8, 4) is 0 Å². The van der Waals surface area contributed by atoms with Crippen LogP contribution in [0.25, 0.3) is 0 Å². The summed E-state index contributed by atoms with van der Waals surface area (Å²) in [5.41, 5.74) is 5.83. The van der Waals surface area contributed by atoms with Gasteiger partial charge in [-0.2, -0.15) is 0 Å². The minimum atomic E-state index is -2.31. The first kappa shape index (κ1) is 18.5. The highest BCUT2D eigenvalue weighted by Crippen LogP contribution is 2.09. The first-order chi connectivity index (χ1) is 8.41. The molecule has 1 rings (SSSR count). The average Bonchev–Trinajstić information content (AvgIpc) is 2.51. The van der Waals surface area contributed by atoms with E-state index in [-0.39, 0.29) is 30.8 Å². The molecule has 1 atom stereocenters. The molecule has 1 aliphatic heterocycles. The van der Waals surface area contributed by atoms with Gasteiger partial charge in [0.25, 0.3) is 6.43 Å². The van der Waals surface area contributed by atoms with E-state index in [1.54, 1.807) is 9.80 Å². The van der Waals surface area contributed by atoms with Gasteiger partial charge in [0, 0.05) is 26.2 Å². The van der Waals surface area contributed by atoms with E-state index < -0.39 is 12.5 Å². The molecule has 0 radical (unpaired) electrons. The molecule has 0 spiro atoms. The Hall–Kier alpha value is -0.460. The molecule has 0 aromatic heterocycles. The van der Waals surface area contributed by atoms with E-state index in [0.717, 1.165) is 6.42 Å². The SMILES string of the molecule is CC(C)[C@H](N)C(=O)N1CCCN(CC(F)F)CC1.Cl. The van der Waals surface area contributed by atoms with Crippen LogP contribution in [0.1, 0.15) is 20.3 Å². The second kappa shape index (κ2) is 8.66. The Balaban J connectivity index is 0.00000324. The Morgan fingerprint density at radius 3 is 2.37 bits per heavy atom. The van der Waals surface area contributed by atoms with Gasteiger partial charge in [-0.15, -0.1) is 12.4 Å². The minimum absolute atomic E-state index is 0. The molecule has 0 aliphatic carbocycles. The van der Waals surface area contributed by atoms with Crippen molar-refractivity contribution < 1.29 is 13.6 Å². The molecule has 1 saturated heterocycles. The summed E-state index contributed by atoms with van der Waals surface area (Å²) in [5, 5.41) is 0. The molecule has 4 nitrogen and oxygen atoms in total. The fourth-order valence-corrected chi connectivity index (χ4v) is 2.07. The highest BCUT2D eigenvalue weighted by molar-refractivity contribution is 5.85. The predicted molar refractivity (Wildman–Crippen MR) is 73.7 cm³/mol. The maximum absolute atomic E-state index is 12.3. The average molecular weight is 300 g/mol. The number of alkyl halides is 2. The Morgan fingerprint density at radius 1 is 1.21 bits per heavy atom. The van der Waals surface area contributed by atoms with Crippen molar-refractivity contribution in [1.29, 1.82) is 0 Å². The predicted octanol–water partition coefficient (Wildman–Crippen LogP) is 1.19. The van der Waals surface area contributed by atoms with Crippen LogP contribution in [0, 0.1) is 5.92 Å². The highest BCUT2D eigenvalue weighted by atomic mass is 35.5. The van der Waals surface area contributed by atoms with Crippen LogP contribution in [0.2, 0.25) is 0 Å². The van der Waals surface area contributed by atoms with Crippen LogP contribution in [0.15, 0.2) is 0 Å². The molecular weight excluding hydrogens is 276 g/mol. The third-order valence-corrected chi connectivity index (χ3v) is 3.30. The standard InChI is InChI=1S/C12H23F2N3O.ClH/c1-9(2)11(15)12(18)17-5-3-4-16(6-7-17)8-10(13)14;/h9-11H,3-8,15H2,1-2H3;1H/t11-;/m0./s1. The molecule has 1 aliphatic rings. The van der Waals surface area contributed by atoms with Gasteiger partial charge in [-0.3, -0.25) is 9.69 Å². The number of carbonyl (C=O) groups is 1. The summed E-state index contributed by atoms with van der Waals surface area (Å²) >= 11 is 0. The third-order valence-electron chi connectivity index (χ3n) is 3.30. The van der Waals surface area contributed by atoms with Gasteiger partial charge in [0.2, 0.25) is 5.91 Å². The lowest BCUT2D eigenvalue weighted by atomic mass is 10.0. The maximum atomic E-state index is 12.3. The topological polar surface area (TPSA) is 49.6 Å². The summed E-state index contributed by atoms with van der Waals surface area (Å²) in [7, 11) is 0. The lowest BCUT2D eigenvalue weighted by Crippen LogP contribution is -2.47. The van der Waals surface area contributed by atoms with Crippen LogP contribution in [-0.4, -0.2) is 60.9 Å². The van der Waals surface area contributed by atoms with Crippen LogP contribution in [0.5, 0.6) is 0 Å². The van der Waals surface area contributed by atoms with E-state index in [9.17, 15) is 13.6 Å². The van der Waals surface area contributed by atoms with Crippen LogP contribution in [0.4, 0.5) is 8.78 Å². The molecule has 0 bridgehead atoms. The van der Waals surface area contributed by atoms with Crippen LogP contribution in [-0.2, 0) is 4.79 Å². The summed E-state index contributed by atoms with van der Waals surface area (Å²) < 4.78 is 24.6. The zero-order valence-electron chi connectivity index (χ0n) is 11.5. The summed E-state index contributed by atoms with van der Waals surface area (Å²) in [4.78, 5) is 15.5. The molecule has 0 aromatic rings. The quantitative estimate of drug-likeness (QED) is 0.848. The van der Waals surface area contributed by atoms with Crippen molar-refractivity contribution >= 4 is 18.3 Å². The molecule has 7 heteroatoms. The van der Waals surface area contributed by atoms with Gasteiger partial charge in [-0.05, 0) is 12.3 Å². The van der Waals surface area contributed by atoms with Gasteiger partial charge >= 0.3 is 0 Å². The number of rotatable bonds is 4. The highest BCUT2D eigenvalue weighted by Gasteiger charge is 2.26. The van der Waals surface area contributed by atoms with Gasteiger partial charge in [-0.1, -0.05) is 13.8 Å². The molecule has 1 fully saturated rings. The van der Waals surface area contributed by atoms with Crippen molar-refractivity contribution in [3.63, 3.8) is 0 Å². The number of hydrogen-bond acceptors (Lipinski definition) is 3. The second-order valence-electron chi connectivity index (χ2n) is 5.14. The summed E-state index contributed by atoms with van der Waals surface area (Å²) in [6.45, 7) is 5.82. The van der Waals surface area contributed by atoms with Crippen LogP contribution >= 0.6 is 12.4 Å². The maximum Gasteiger partial charge on any atom is 0.251 e. The number of amides is 1. The van der Waals surface area contributed by atoms with Crippen molar-refractivity contribution in [2.45, 2.75) is 32.7 Å². The van der Waals surface area contributed by atoms with Gasteiger partial charge in [0.1, 0.15) is 0 Å². The fraction of sp³-hybridized carbons (Fsp3) is 0.917. The summed E-state index contributed by atoms with van der Waals surface area (Å²) in [6, 6.07) is -0.494. The first-order valence-corrected chi connectivity index (χ1v) is 6.46. The fourth-order valence-electron chi connectivity index (χ4n) is 2.07. The molecule has 0 aromatic carbocycles. The molecular formula is C12H24ClF2N3O. The Morgan fingerprint density at radius 2 is 1.84 bits per heavy atom.